The van der Waals surface area contributed by atoms with Crippen molar-refractivity contribution in [1.29, 1.82) is 0 Å². The summed E-state index contributed by atoms with van der Waals surface area (Å²) in [6, 6.07) is 6.42. The van der Waals surface area contributed by atoms with Gasteiger partial charge >= 0.3 is 5.97 Å². The minimum absolute atomic E-state index is 0.230. The van der Waals surface area contributed by atoms with Gasteiger partial charge in [-0.15, -0.1) is 0 Å². The Hall–Kier alpha value is -1.31. The van der Waals surface area contributed by atoms with Crippen LogP contribution in [0.2, 0.25) is 0 Å². The highest BCUT2D eigenvalue weighted by molar-refractivity contribution is 5.68. The molecule has 1 aliphatic carbocycles. The highest BCUT2D eigenvalue weighted by Gasteiger charge is 2.35. The molecule has 1 fully saturated rings. The fourth-order valence-corrected chi connectivity index (χ4v) is 2.95. The first-order valence-electron chi connectivity index (χ1n) is 6.99. The van der Waals surface area contributed by atoms with Gasteiger partial charge in [0.1, 0.15) is 0 Å². The number of hydrogen-bond donors (Lipinski definition) is 1. The molecule has 1 aliphatic rings. The van der Waals surface area contributed by atoms with Gasteiger partial charge in [-0.05, 0) is 54.2 Å². The summed E-state index contributed by atoms with van der Waals surface area (Å²) in [6.45, 7) is 4.31. The molecule has 1 saturated carbocycles. The second-order valence-corrected chi connectivity index (χ2v) is 5.24. The Morgan fingerprint density at radius 1 is 1.28 bits per heavy atom. The number of aryl methyl sites for hydroxylation is 2. The van der Waals surface area contributed by atoms with Crippen molar-refractivity contribution < 1.29 is 9.90 Å². The first-order valence-corrected chi connectivity index (χ1v) is 6.99. The molecule has 1 aromatic carbocycles. The van der Waals surface area contributed by atoms with Gasteiger partial charge in [0, 0.05) is 0 Å². The van der Waals surface area contributed by atoms with E-state index in [1.807, 2.05) is 0 Å². The van der Waals surface area contributed by atoms with Crippen LogP contribution in [0.1, 0.15) is 55.7 Å². The monoisotopic (exact) mass is 246 g/mol. The van der Waals surface area contributed by atoms with Crippen LogP contribution in [-0.2, 0) is 17.6 Å². The van der Waals surface area contributed by atoms with E-state index in [-0.39, 0.29) is 12.3 Å². The van der Waals surface area contributed by atoms with Gasteiger partial charge < -0.3 is 5.11 Å². The molecular formula is C16H22O2. The molecule has 0 aromatic heterocycles. The minimum atomic E-state index is -0.667. The van der Waals surface area contributed by atoms with Gasteiger partial charge in [-0.2, -0.15) is 0 Å². The molecular weight excluding hydrogens is 224 g/mol. The van der Waals surface area contributed by atoms with Crippen molar-refractivity contribution in [2.45, 2.75) is 51.9 Å². The molecule has 2 heteroatoms. The van der Waals surface area contributed by atoms with E-state index in [2.05, 4.69) is 32.0 Å². The lowest BCUT2D eigenvalue weighted by atomic mass is 9.83. The largest absolute Gasteiger partial charge is 0.481 e. The van der Waals surface area contributed by atoms with E-state index in [9.17, 15) is 4.79 Å². The number of aliphatic carboxylic acids is 1. The van der Waals surface area contributed by atoms with Crippen molar-refractivity contribution in [3.8, 4) is 0 Å². The summed E-state index contributed by atoms with van der Waals surface area (Å²) in [5, 5.41) is 9.15. The zero-order valence-corrected chi connectivity index (χ0v) is 11.3. The Labute approximate surface area is 109 Å². The Morgan fingerprint density at radius 2 is 1.83 bits per heavy atom. The van der Waals surface area contributed by atoms with E-state index in [0.717, 1.165) is 12.8 Å². The Morgan fingerprint density at radius 3 is 2.22 bits per heavy atom. The Bertz CT molecular complexity index is 410. The van der Waals surface area contributed by atoms with Crippen LogP contribution in [-0.4, -0.2) is 11.1 Å². The smallest absolute Gasteiger partial charge is 0.303 e. The van der Waals surface area contributed by atoms with Crippen molar-refractivity contribution >= 4 is 5.97 Å². The molecule has 1 atom stereocenters. The van der Waals surface area contributed by atoms with Crippen molar-refractivity contribution in [2.24, 2.45) is 5.92 Å². The Balaban J connectivity index is 2.41. The summed E-state index contributed by atoms with van der Waals surface area (Å²) in [5.74, 6) is 0.160. The molecule has 0 aliphatic heterocycles. The van der Waals surface area contributed by atoms with Crippen molar-refractivity contribution in [2.75, 3.05) is 0 Å². The van der Waals surface area contributed by atoms with Crippen molar-refractivity contribution in [3.63, 3.8) is 0 Å². The maximum absolute atomic E-state index is 11.1. The van der Waals surface area contributed by atoms with Crippen LogP contribution < -0.4 is 0 Å². The highest BCUT2D eigenvalue weighted by atomic mass is 16.4. The van der Waals surface area contributed by atoms with E-state index in [1.54, 1.807) is 0 Å². The summed E-state index contributed by atoms with van der Waals surface area (Å²) >= 11 is 0. The molecule has 0 bridgehead atoms. The predicted molar refractivity (Wildman–Crippen MR) is 72.9 cm³/mol. The average Bonchev–Trinajstić information content (AvgIpc) is 3.19. The molecule has 0 spiro atoms. The Kier molecular flexibility index (Phi) is 4.05. The molecule has 0 amide bonds. The van der Waals surface area contributed by atoms with Crippen molar-refractivity contribution in [3.05, 3.63) is 34.9 Å². The van der Waals surface area contributed by atoms with Gasteiger partial charge in [0.15, 0.2) is 0 Å². The van der Waals surface area contributed by atoms with Crippen molar-refractivity contribution in [1.82, 2.24) is 0 Å². The summed E-state index contributed by atoms with van der Waals surface area (Å²) < 4.78 is 0. The fraction of sp³-hybridized carbons (Fsp3) is 0.562. The maximum atomic E-state index is 11.1. The standard InChI is InChI=1S/C16H22O2/c1-3-11-6-5-7-12(4-2)16(11)14(10-15(17)18)13-8-9-13/h5-7,13-14H,3-4,8-10H2,1-2H3,(H,17,18). The number of benzene rings is 1. The third-order valence-electron chi connectivity index (χ3n) is 4.00. The molecule has 0 saturated heterocycles. The summed E-state index contributed by atoms with van der Waals surface area (Å²) in [5.41, 5.74) is 4.02. The number of hydrogen-bond acceptors (Lipinski definition) is 1. The summed E-state index contributed by atoms with van der Waals surface area (Å²) in [6.07, 6.45) is 4.66. The van der Waals surface area contributed by atoms with Crippen LogP contribution in [0.5, 0.6) is 0 Å². The SMILES string of the molecule is CCc1cccc(CC)c1C(CC(=O)O)C1CC1. The van der Waals surface area contributed by atoms with Crippen LogP contribution >= 0.6 is 0 Å². The molecule has 1 unspecified atom stereocenters. The van der Waals surface area contributed by atoms with Gasteiger partial charge in [0.25, 0.3) is 0 Å². The van der Waals surface area contributed by atoms with Gasteiger partial charge in [-0.25, -0.2) is 0 Å². The van der Waals surface area contributed by atoms with E-state index in [0.29, 0.717) is 5.92 Å². The van der Waals surface area contributed by atoms with Crippen LogP contribution in [0.3, 0.4) is 0 Å². The normalized spacial score (nSPS) is 16.6. The van der Waals surface area contributed by atoms with Crippen LogP contribution in [0.25, 0.3) is 0 Å². The number of carboxylic acid groups (broad SMARTS) is 1. The molecule has 2 nitrogen and oxygen atoms in total. The third-order valence-corrected chi connectivity index (χ3v) is 4.00. The molecule has 18 heavy (non-hydrogen) atoms. The number of rotatable bonds is 6. The summed E-state index contributed by atoms with van der Waals surface area (Å²) in [7, 11) is 0. The maximum Gasteiger partial charge on any atom is 0.303 e. The lowest BCUT2D eigenvalue weighted by molar-refractivity contribution is -0.137. The van der Waals surface area contributed by atoms with E-state index >= 15 is 0 Å². The highest BCUT2D eigenvalue weighted by Crippen LogP contribution is 2.46. The van der Waals surface area contributed by atoms with E-state index in [4.69, 9.17) is 5.11 Å². The van der Waals surface area contributed by atoms with Crippen LogP contribution in [0.4, 0.5) is 0 Å². The molecule has 0 radical (unpaired) electrons. The van der Waals surface area contributed by atoms with Gasteiger partial charge in [-0.1, -0.05) is 32.0 Å². The predicted octanol–water partition coefficient (Wildman–Crippen LogP) is 3.78. The lowest BCUT2D eigenvalue weighted by Gasteiger charge is -2.22. The number of carbonyl (C=O) groups is 1. The molecule has 2 rings (SSSR count). The van der Waals surface area contributed by atoms with Gasteiger partial charge in [0.05, 0.1) is 6.42 Å². The van der Waals surface area contributed by atoms with E-state index in [1.165, 1.54) is 29.5 Å². The minimum Gasteiger partial charge on any atom is -0.481 e. The summed E-state index contributed by atoms with van der Waals surface area (Å²) in [4.78, 5) is 11.1. The zero-order chi connectivity index (χ0) is 13.1. The molecule has 0 heterocycles. The third kappa shape index (κ3) is 2.74. The average molecular weight is 246 g/mol. The molecule has 98 valence electrons. The quantitative estimate of drug-likeness (QED) is 0.829. The van der Waals surface area contributed by atoms with Gasteiger partial charge in [-0.3, -0.25) is 4.79 Å². The van der Waals surface area contributed by atoms with Crippen LogP contribution in [0, 0.1) is 5.92 Å². The molecule has 1 aromatic rings. The van der Waals surface area contributed by atoms with Crippen LogP contribution in [0.15, 0.2) is 18.2 Å². The van der Waals surface area contributed by atoms with Gasteiger partial charge in [0.2, 0.25) is 0 Å². The van der Waals surface area contributed by atoms with E-state index < -0.39 is 5.97 Å². The zero-order valence-electron chi connectivity index (χ0n) is 11.3. The molecule has 1 N–H and O–H groups in total. The number of carboxylic acids is 1. The lowest BCUT2D eigenvalue weighted by Crippen LogP contribution is -2.13. The second kappa shape index (κ2) is 5.55. The fourth-order valence-electron chi connectivity index (χ4n) is 2.95. The first-order chi connectivity index (χ1) is 8.67. The topological polar surface area (TPSA) is 37.3 Å². The first kappa shape index (κ1) is 13.1. The second-order valence-electron chi connectivity index (χ2n) is 5.24.